The average molecular weight is 342 g/mol. The molecule has 0 atom stereocenters. The first-order valence-corrected chi connectivity index (χ1v) is 8.35. The largest absolute Gasteiger partial charge is 0.490 e. The van der Waals surface area contributed by atoms with Gasteiger partial charge in [0.2, 0.25) is 0 Å². The summed E-state index contributed by atoms with van der Waals surface area (Å²) in [6.45, 7) is 2.12. The molecule has 1 fully saturated rings. The maximum atomic E-state index is 11.0. The molecule has 1 aliphatic heterocycles. The second-order valence-corrected chi connectivity index (χ2v) is 6.29. The van der Waals surface area contributed by atoms with Crippen molar-refractivity contribution in [3.63, 3.8) is 0 Å². The summed E-state index contributed by atoms with van der Waals surface area (Å²) in [6.07, 6.45) is 2.34. The van der Waals surface area contributed by atoms with Crippen LogP contribution in [0, 0.1) is 10.1 Å². The lowest BCUT2D eigenvalue weighted by Gasteiger charge is -2.29. The number of nitrogens with zero attached hydrogens (tertiary/aromatic N) is 2. The first-order chi connectivity index (χ1) is 12.1. The highest BCUT2D eigenvalue weighted by molar-refractivity contribution is 5.69. The van der Waals surface area contributed by atoms with Crippen molar-refractivity contribution in [2.45, 2.75) is 18.9 Å². The molecular weight excluding hydrogens is 320 g/mol. The van der Waals surface area contributed by atoms with E-state index in [9.17, 15) is 10.1 Å². The lowest BCUT2D eigenvalue weighted by molar-refractivity contribution is -0.385. The number of piperidine rings is 1. The first-order valence-electron chi connectivity index (χ1n) is 8.35. The van der Waals surface area contributed by atoms with Crippen molar-refractivity contribution in [2.75, 3.05) is 27.2 Å². The number of rotatable bonds is 5. The first kappa shape index (κ1) is 17.2. The van der Waals surface area contributed by atoms with Gasteiger partial charge in [0.25, 0.3) is 0 Å². The third-order valence-corrected chi connectivity index (χ3v) is 4.53. The zero-order chi connectivity index (χ0) is 17.8. The van der Waals surface area contributed by atoms with Crippen LogP contribution in [0.15, 0.2) is 42.5 Å². The van der Waals surface area contributed by atoms with Crippen molar-refractivity contribution in [1.82, 2.24) is 4.90 Å². The van der Waals surface area contributed by atoms with Gasteiger partial charge in [0.05, 0.1) is 12.0 Å². The highest BCUT2D eigenvalue weighted by Crippen LogP contribution is 2.33. The minimum atomic E-state index is -0.443. The second-order valence-electron chi connectivity index (χ2n) is 6.29. The topological polar surface area (TPSA) is 64.8 Å². The summed E-state index contributed by atoms with van der Waals surface area (Å²) >= 11 is 0. The highest BCUT2D eigenvalue weighted by atomic mass is 16.6. The Morgan fingerprint density at radius 1 is 1.08 bits per heavy atom. The van der Waals surface area contributed by atoms with Gasteiger partial charge in [-0.1, -0.05) is 12.1 Å². The number of likely N-dealkylation sites (tertiary alicyclic amines) is 1. The van der Waals surface area contributed by atoms with Crippen LogP contribution in [0.3, 0.4) is 0 Å². The zero-order valence-electron chi connectivity index (χ0n) is 14.5. The molecule has 0 saturated carbocycles. The molecule has 132 valence electrons. The molecule has 6 nitrogen and oxygen atoms in total. The molecule has 2 aromatic carbocycles. The Labute approximate surface area is 147 Å². The normalized spacial score (nSPS) is 15.8. The summed E-state index contributed by atoms with van der Waals surface area (Å²) in [5.41, 5.74) is 1.80. The van der Waals surface area contributed by atoms with E-state index in [0.29, 0.717) is 0 Å². The van der Waals surface area contributed by atoms with Gasteiger partial charge in [0, 0.05) is 19.2 Å². The van der Waals surface area contributed by atoms with Crippen molar-refractivity contribution in [3.8, 4) is 22.6 Å². The Kier molecular flexibility index (Phi) is 5.19. The fourth-order valence-electron chi connectivity index (χ4n) is 3.03. The lowest BCUT2D eigenvalue weighted by Crippen LogP contribution is -2.35. The number of nitro benzene ring substituents is 1. The molecule has 6 heteroatoms. The Bertz CT molecular complexity index is 738. The predicted octanol–water partition coefficient (Wildman–Crippen LogP) is 3.74. The van der Waals surface area contributed by atoms with E-state index in [1.54, 1.807) is 12.1 Å². The molecule has 1 heterocycles. The number of hydrogen-bond acceptors (Lipinski definition) is 5. The van der Waals surface area contributed by atoms with Gasteiger partial charge < -0.3 is 14.4 Å². The number of benzene rings is 2. The average Bonchev–Trinajstić information content (AvgIpc) is 2.63. The molecule has 0 aliphatic carbocycles. The molecule has 0 amide bonds. The van der Waals surface area contributed by atoms with Crippen LogP contribution in [-0.2, 0) is 0 Å². The Hall–Kier alpha value is -2.60. The molecule has 1 saturated heterocycles. The van der Waals surface area contributed by atoms with Crippen LogP contribution in [0.4, 0.5) is 5.69 Å². The minimum absolute atomic E-state index is 0.0338. The summed E-state index contributed by atoms with van der Waals surface area (Å²) in [5, 5.41) is 11.0. The number of methoxy groups -OCH3 is 1. The maximum Gasteiger partial charge on any atom is 0.310 e. The Balaban J connectivity index is 1.73. The van der Waals surface area contributed by atoms with Crippen molar-refractivity contribution >= 4 is 5.69 Å². The standard InChI is InChI=1S/C19H22N2O4/c1-20-11-9-17(10-12-20)25-16-6-3-14(4-7-16)15-5-8-18(21(22)23)19(13-15)24-2/h3-8,13,17H,9-12H2,1-2H3. The summed E-state index contributed by atoms with van der Waals surface area (Å²) < 4.78 is 11.2. The van der Waals surface area contributed by atoms with E-state index < -0.39 is 4.92 Å². The smallest absolute Gasteiger partial charge is 0.310 e. The van der Waals surface area contributed by atoms with E-state index in [0.717, 1.165) is 42.8 Å². The minimum Gasteiger partial charge on any atom is -0.490 e. The zero-order valence-corrected chi connectivity index (χ0v) is 14.5. The van der Waals surface area contributed by atoms with Crippen LogP contribution in [-0.4, -0.2) is 43.2 Å². The van der Waals surface area contributed by atoms with Gasteiger partial charge in [-0.3, -0.25) is 10.1 Å². The maximum absolute atomic E-state index is 11.0. The monoisotopic (exact) mass is 342 g/mol. The molecule has 25 heavy (non-hydrogen) atoms. The molecule has 0 bridgehead atoms. The molecule has 3 rings (SSSR count). The van der Waals surface area contributed by atoms with Crippen molar-refractivity contribution < 1.29 is 14.4 Å². The predicted molar refractivity (Wildman–Crippen MR) is 96.2 cm³/mol. The van der Waals surface area contributed by atoms with Crippen LogP contribution in [0.2, 0.25) is 0 Å². The van der Waals surface area contributed by atoms with Gasteiger partial charge in [0.1, 0.15) is 11.9 Å². The third-order valence-electron chi connectivity index (χ3n) is 4.53. The van der Waals surface area contributed by atoms with E-state index in [1.807, 2.05) is 24.3 Å². The second kappa shape index (κ2) is 7.53. The fraction of sp³-hybridized carbons (Fsp3) is 0.368. The highest BCUT2D eigenvalue weighted by Gasteiger charge is 2.18. The Morgan fingerprint density at radius 3 is 2.32 bits per heavy atom. The summed E-state index contributed by atoms with van der Waals surface area (Å²) in [7, 11) is 3.56. The number of nitro groups is 1. The number of hydrogen-bond donors (Lipinski definition) is 0. The Morgan fingerprint density at radius 2 is 1.72 bits per heavy atom. The van der Waals surface area contributed by atoms with Crippen LogP contribution < -0.4 is 9.47 Å². The SMILES string of the molecule is COc1cc(-c2ccc(OC3CCN(C)CC3)cc2)ccc1[N+](=O)[O-]. The van der Waals surface area contributed by atoms with E-state index in [2.05, 4.69) is 11.9 Å². The summed E-state index contributed by atoms with van der Waals surface area (Å²) in [6, 6.07) is 12.7. The quantitative estimate of drug-likeness (QED) is 0.612. The fourth-order valence-corrected chi connectivity index (χ4v) is 3.03. The van der Waals surface area contributed by atoms with Gasteiger partial charge in [0.15, 0.2) is 5.75 Å². The van der Waals surface area contributed by atoms with E-state index >= 15 is 0 Å². The van der Waals surface area contributed by atoms with Crippen molar-refractivity contribution in [3.05, 3.63) is 52.6 Å². The van der Waals surface area contributed by atoms with E-state index in [-0.39, 0.29) is 17.5 Å². The summed E-state index contributed by atoms with van der Waals surface area (Å²) in [4.78, 5) is 12.9. The molecule has 0 radical (unpaired) electrons. The third kappa shape index (κ3) is 4.09. The molecule has 0 N–H and O–H groups in total. The van der Waals surface area contributed by atoms with Crippen LogP contribution in [0.25, 0.3) is 11.1 Å². The van der Waals surface area contributed by atoms with Gasteiger partial charge in [-0.25, -0.2) is 0 Å². The van der Waals surface area contributed by atoms with Crippen LogP contribution in [0.5, 0.6) is 11.5 Å². The molecule has 1 aliphatic rings. The number of ether oxygens (including phenoxy) is 2. The lowest BCUT2D eigenvalue weighted by atomic mass is 10.0. The van der Waals surface area contributed by atoms with Crippen molar-refractivity contribution in [2.24, 2.45) is 0 Å². The summed E-state index contributed by atoms with van der Waals surface area (Å²) in [5.74, 6) is 1.11. The molecule has 0 aromatic heterocycles. The van der Waals surface area contributed by atoms with E-state index in [1.165, 1.54) is 13.2 Å². The van der Waals surface area contributed by atoms with Crippen molar-refractivity contribution in [1.29, 1.82) is 0 Å². The molecule has 0 unspecified atom stereocenters. The van der Waals surface area contributed by atoms with E-state index in [4.69, 9.17) is 9.47 Å². The van der Waals surface area contributed by atoms with Gasteiger partial charge in [-0.05, 0) is 55.3 Å². The molecule has 0 spiro atoms. The van der Waals surface area contributed by atoms with Gasteiger partial charge >= 0.3 is 5.69 Å². The van der Waals surface area contributed by atoms with Crippen LogP contribution in [0.1, 0.15) is 12.8 Å². The van der Waals surface area contributed by atoms with Gasteiger partial charge in [-0.15, -0.1) is 0 Å². The molecular formula is C19H22N2O4. The van der Waals surface area contributed by atoms with Gasteiger partial charge in [-0.2, -0.15) is 0 Å². The van der Waals surface area contributed by atoms with Crippen LogP contribution >= 0.6 is 0 Å². The molecule has 2 aromatic rings.